The quantitative estimate of drug-likeness (QED) is 0.214. The van der Waals surface area contributed by atoms with Gasteiger partial charge in [0.2, 0.25) is 22.6 Å². The highest BCUT2D eigenvalue weighted by atomic mass is 80.0. The lowest BCUT2D eigenvalue weighted by Gasteiger charge is -2.17. The van der Waals surface area contributed by atoms with E-state index in [4.69, 9.17) is 0 Å². The number of hydrogen-bond acceptors (Lipinski definition) is 8. The summed E-state index contributed by atoms with van der Waals surface area (Å²) in [5.74, 6) is 0. The molecule has 0 fully saturated rings. The fourth-order valence-corrected chi connectivity index (χ4v) is 6.70. The highest BCUT2D eigenvalue weighted by Gasteiger charge is 2.42. The van der Waals surface area contributed by atoms with Crippen molar-refractivity contribution in [3.05, 3.63) is 12.1 Å². The molecule has 0 saturated heterocycles. The van der Waals surface area contributed by atoms with E-state index in [1.807, 2.05) is 0 Å². The van der Waals surface area contributed by atoms with E-state index in [9.17, 15) is 21.6 Å². The normalized spacial score (nSPS) is 13.6. The van der Waals surface area contributed by atoms with E-state index in [0.717, 1.165) is 12.1 Å². The first-order chi connectivity index (χ1) is 11.0. The molecule has 1 heterocycles. The van der Waals surface area contributed by atoms with Gasteiger partial charge in [0.15, 0.2) is 5.03 Å². The minimum Gasteiger partial charge on any atom is -0.376 e. The highest BCUT2D eigenvalue weighted by molar-refractivity contribution is 9.42. The smallest absolute Gasteiger partial charge is 0.376 e. The predicted molar refractivity (Wildman–Crippen MR) is 119 cm³/mol. The molecule has 1 aromatic rings. The van der Waals surface area contributed by atoms with Crippen LogP contribution < -0.4 is 0 Å². The monoisotopic (exact) mass is 856 g/mol. The minimum atomic E-state index is -4.20. The van der Waals surface area contributed by atoms with Gasteiger partial charge in [-0.2, -0.15) is 0 Å². The summed E-state index contributed by atoms with van der Waals surface area (Å²) in [7, 11) is -8.33. The van der Waals surface area contributed by atoms with Gasteiger partial charge in [0.05, 0.1) is 4.90 Å². The summed E-state index contributed by atoms with van der Waals surface area (Å²) in [6, 6.07) is 1.91. The number of nitrogens with zero attached hydrogens (tertiary/aromatic N) is 1. The first-order valence-corrected chi connectivity index (χ1v) is 14.4. The zero-order valence-electron chi connectivity index (χ0n) is 10.9. The van der Waals surface area contributed by atoms with Gasteiger partial charge in [-0.25, -0.2) is 26.6 Å². The highest BCUT2D eigenvalue weighted by Crippen LogP contribution is 2.46. The van der Waals surface area contributed by atoms with Gasteiger partial charge in [-0.1, -0.05) is 0 Å². The molecule has 0 bridgehead atoms. The van der Waals surface area contributed by atoms with Gasteiger partial charge in [-0.3, -0.25) is 0 Å². The van der Waals surface area contributed by atoms with Crippen molar-refractivity contribution >= 4 is 148 Å². The molecule has 0 spiro atoms. The molecule has 1 aromatic heterocycles. The van der Waals surface area contributed by atoms with Crippen LogP contribution in [-0.4, -0.2) is 29.6 Å². The number of carbonyl (C=O) groups is 1. The standard InChI is InChI=1S/C8H2Br7NO6S3/c9-6(17)22-23-4-1-3(24(18,19)7(10,11)12)2-5(16-4)25(20,21)8(13,14)15/h1-2H. The Kier molecular flexibility index (Phi) is 9.03. The van der Waals surface area contributed by atoms with Crippen LogP contribution in [-0.2, 0) is 23.9 Å². The summed E-state index contributed by atoms with van der Waals surface area (Å²) in [5, 5.41) is -0.773. The fourth-order valence-electron chi connectivity index (χ4n) is 1.12. The molecule has 0 N–H and O–H groups in total. The van der Waals surface area contributed by atoms with Crippen molar-refractivity contribution in [1.82, 2.24) is 4.98 Å². The molecule has 142 valence electrons. The lowest BCUT2D eigenvalue weighted by atomic mass is 10.5. The molecule has 0 saturated carbocycles. The maximum Gasteiger partial charge on any atom is 0.387 e. The second kappa shape index (κ2) is 8.93. The Morgan fingerprint density at radius 1 is 0.960 bits per heavy atom. The van der Waals surface area contributed by atoms with Crippen molar-refractivity contribution in [1.29, 1.82) is 0 Å². The van der Waals surface area contributed by atoms with Crippen LogP contribution in [0.1, 0.15) is 0 Å². The topological polar surface area (TPSA) is 107 Å². The lowest BCUT2D eigenvalue weighted by molar-refractivity contribution is 0.235. The average Bonchev–Trinajstić information content (AvgIpc) is 2.42. The molecule has 0 unspecified atom stereocenters. The maximum atomic E-state index is 12.5. The number of halogens is 7. The van der Waals surface area contributed by atoms with E-state index < -0.39 is 37.4 Å². The zero-order valence-corrected chi connectivity index (χ0v) is 24.5. The third-order valence-corrected chi connectivity index (χ3v) is 13.6. The summed E-state index contributed by atoms with van der Waals surface area (Å²) >= 11 is 20.2. The van der Waals surface area contributed by atoms with Crippen molar-refractivity contribution in [3.8, 4) is 0 Å². The molecule has 0 aromatic carbocycles. The summed E-state index contributed by atoms with van der Waals surface area (Å²) in [6.45, 7) is 0. The van der Waals surface area contributed by atoms with Crippen molar-refractivity contribution in [3.63, 3.8) is 0 Å². The van der Waals surface area contributed by atoms with E-state index in [1.165, 1.54) is 0 Å². The average molecular weight is 864 g/mol. The largest absolute Gasteiger partial charge is 0.387 e. The number of aromatic nitrogens is 1. The molecule has 0 amide bonds. The second-order valence-corrected chi connectivity index (χ2v) is 26.0. The molecule has 0 aliphatic rings. The first kappa shape index (κ1) is 25.3. The molecule has 17 heteroatoms. The Bertz CT molecular complexity index is 828. The van der Waals surface area contributed by atoms with Crippen LogP contribution in [0.2, 0.25) is 0 Å². The SMILES string of the molecule is O=C(Br)OSc1cc(S(=O)(=O)C(Br)(Br)Br)cc(S(=O)(=O)C(Br)(Br)Br)n1. The maximum absolute atomic E-state index is 12.5. The zero-order chi connectivity index (χ0) is 19.8. The van der Waals surface area contributed by atoms with Gasteiger partial charge < -0.3 is 4.18 Å². The molecule has 1 rings (SSSR count). The molecule has 0 aliphatic carbocycles. The van der Waals surface area contributed by atoms with Crippen molar-refractivity contribution < 1.29 is 25.8 Å². The Labute approximate surface area is 206 Å². The van der Waals surface area contributed by atoms with Gasteiger partial charge in [-0.15, -0.1) is 0 Å². The van der Waals surface area contributed by atoms with Crippen LogP contribution in [0, 0.1) is 0 Å². The van der Waals surface area contributed by atoms with E-state index in [2.05, 4.69) is 121 Å². The summed E-state index contributed by atoms with van der Waals surface area (Å²) in [4.78, 5) is 13.4. The Morgan fingerprint density at radius 3 is 1.84 bits per heavy atom. The Hall–Kier alpha value is 2.23. The number of hydrogen-bond donors (Lipinski definition) is 0. The van der Waals surface area contributed by atoms with Crippen molar-refractivity contribution in [2.75, 3.05) is 0 Å². The third kappa shape index (κ3) is 6.35. The van der Waals surface area contributed by atoms with Crippen LogP contribution in [0.4, 0.5) is 4.79 Å². The van der Waals surface area contributed by atoms with E-state index in [1.54, 1.807) is 0 Å². The number of sulfone groups is 2. The number of carbonyl (C=O) groups excluding carboxylic acids is 1. The lowest BCUT2D eigenvalue weighted by Crippen LogP contribution is -2.22. The van der Waals surface area contributed by atoms with Crippen molar-refractivity contribution in [2.45, 2.75) is 17.9 Å². The van der Waals surface area contributed by atoms with E-state index in [-0.39, 0.29) is 5.03 Å². The number of pyridine rings is 1. The summed E-state index contributed by atoms with van der Waals surface area (Å²) in [5.41, 5.74) is 0. The number of alkyl halides is 6. The van der Waals surface area contributed by atoms with Gasteiger partial charge in [0, 0.05) is 15.9 Å². The number of rotatable bonds is 4. The molecule has 25 heavy (non-hydrogen) atoms. The predicted octanol–water partition coefficient (Wildman–Crippen LogP) is 5.76. The van der Waals surface area contributed by atoms with Crippen LogP contribution in [0.5, 0.6) is 0 Å². The molecule has 0 aliphatic heterocycles. The van der Waals surface area contributed by atoms with Crippen LogP contribution in [0.3, 0.4) is 0 Å². The van der Waals surface area contributed by atoms with Crippen LogP contribution in [0.15, 0.2) is 27.1 Å². The summed E-state index contributed by atoms with van der Waals surface area (Å²) in [6.07, 6.45) is 0. The molecule has 0 radical (unpaired) electrons. The molecular weight excluding hydrogens is 862 g/mol. The Balaban J connectivity index is 3.69. The van der Waals surface area contributed by atoms with E-state index >= 15 is 0 Å². The molecule has 0 atom stereocenters. The minimum absolute atomic E-state index is 0.180. The Morgan fingerprint density at radius 2 is 1.44 bits per heavy atom. The van der Waals surface area contributed by atoms with Crippen LogP contribution >= 0.6 is 124 Å². The van der Waals surface area contributed by atoms with Gasteiger partial charge in [0.25, 0.3) is 0 Å². The summed E-state index contributed by atoms with van der Waals surface area (Å²) < 4.78 is 51.2. The van der Waals surface area contributed by atoms with Gasteiger partial charge >= 0.3 is 4.88 Å². The fraction of sp³-hybridized carbons (Fsp3) is 0.250. The van der Waals surface area contributed by atoms with Crippen molar-refractivity contribution in [2.24, 2.45) is 0 Å². The molecule has 7 nitrogen and oxygen atoms in total. The van der Waals surface area contributed by atoms with E-state index in [0.29, 0.717) is 12.0 Å². The third-order valence-electron chi connectivity index (χ3n) is 2.14. The first-order valence-electron chi connectivity index (χ1n) is 5.19. The van der Waals surface area contributed by atoms with Crippen LogP contribution in [0.25, 0.3) is 0 Å². The second-order valence-electron chi connectivity index (χ2n) is 3.78. The van der Waals surface area contributed by atoms with Gasteiger partial charge in [0.1, 0.15) is 17.1 Å². The van der Waals surface area contributed by atoms with Gasteiger partial charge in [-0.05, 0) is 108 Å². The molecular formula is C8H2Br7NO6S3.